The summed E-state index contributed by atoms with van der Waals surface area (Å²) in [5.41, 5.74) is 2.70. The van der Waals surface area contributed by atoms with Gasteiger partial charge in [-0.25, -0.2) is 4.39 Å². The number of hydrogen-bond donors (Lipinski definition) is 0. The standard InChI is InChI=1S/C25H24BrFN2O/c1-18(19-8-10-22(27)11-9-19)15-24(30)29(17-23-7-2-3-14-28-23)25(12-13-25)20-5-4-6-21(26)16-20/h2-11,14,16,18H,12-13,15,17H2,1H3. The zero-order valence-corrected chi connectivity index (χ0v) is 18.5. The average Bonchev–Trinajstić information content (AvgIpc) is 3.55. The molecule has 1 aliphatic carbocycles. The van der Waals surface area contributed by atoms with E-state index in [0.29, 0.717) is 13.0 Å². The minimum Gasteiger partial charge on any atom is -0.327 e. The lowest BCUT2D eigenvalue weighted by Gasteiger charge is -2.33. The molecule has 0 N–H and O–H groups in total. The Morgan fingerprint density at radius 3 is 2.53 bits per heavy atom. The van der Waals surface area contributed by atoms with E-state index in [9.17, 15) is 9.18 Å². The first-order valence-electron chi connectivity index (χ1n) is 10.2. The van der Waals surface area contributed by atoms with Gasteiger partial charge in [0, 0.05) is 17.1 Å². The highest BCUT2D eigenvalue weighted by molar-refractivity contribution is 9.10. The summed E-state index contributed by atoms with van der Waals surface area (Å²) in [5, 5.41) is 0. The topological polar surface area (TPSA) is 33.2 Å². The molecule has 1 fully saturated rings. The van der Waals surface area contributed by atoms with E-state index in [1.807, 2.05) is 42.2 Å². The van der Waals surface area contributed by atoms with Gasteiger partial charge >= 0.3 is 0 Å². The summed E-state index contributed by atoms with van der Waals surface area (Å²) < 4.78 is 14.3. The number of halogens is 2. The predicted molar refractivity (Wildman–Crippen MR) is 119 cm³/mol. The van der Waals surface area contributed by atoms with Gasteiger partial charge in [-0.3, -0.25) is 9.78 Å². The third-order valence-corrected chi connectivity index (χ3v) is 6.36. The first-order chi connectivity index (χ1) is 14.5. The fourth-order valence-corrected chi connectivity index (χ4v) is 4.42. The number of carbonyl (C=O) groups is 1. The Morgan fingerprint density at radius 1 is 1.13 bits per heavy atom. The van der Waals surface area contributed by atoms with Gasteiger partial charge < -0.3 is 4.90 Å². The van der Waals surface area contributed by atoms with Crippen molar-refractivity contribution in [2.24, 2.45) is 0 Å². The van der Waals surface area contributed by atoms with E-state index < -0.39 is 0 Å². The van der Waals surface area contributed by atoms with Crippen molar-refractivity contribution in [1.29, 1.82) is 0 Å². The van der Waals surface area contributed by atoms with Crippen LogP contribution in [-0.4, -0.2) is 15.8 Å². The summed E-state index contributed by atoms with van der Waals surface area (Å²) in [4.78, 5) is 20.0. The molecule has 0 saturated heterocycles. The predicted octanol–water partition coefficient (Wildman–Crippen LogP) is 6.19. The van der Waals surface area contributed by atoms with Gasteiger partial charge in [0.2, 0.25) is 5.91 Å². The summed E-state index contributed by atoms with van der Waals surface area (Å²) in [6.07, 6.45) is 4.01. The number of nitrogens with zero attached hydrogens (tertiary/aromatic N) is 2. The first kappa shape index (κ1) is 20.7. The van der Waals surface area contributed by atoms with Gasteiger partial charge in [0.15, 0.2) is 0 Å². The minimum atomic E-state index is -0.291. The fraction of sp³-hybridized carbons (Fsp3) is 0.280. The molecule has 0 bridgehead atoms. The Morgan fingerprint density at radius 2 is 1.90 bits per heavy atom. The highest BCUT2D eigenvalue weighted by Crippen LogP contribution is 2.52. The van der Waals surface area contributed by atoms with E-state index in [0.717, 1.165) is 34.1 Å². The number of pyridine rings is 1. The van der Waals surface area contributed by atoms with E-state index >= 15 is 0 Å². The molecule has 3 nitrogen and oxygen atoms in total. The zero-order chi connectivity index (χ0) is 21.1. The number of amides is 1. The van der Waals surface area contributed by atoms with Gasteiger partial charge in [-0.05, 0) is 66.3 Å². The molecule has 0 radical (unpaired) electrons. The molecule has 1 amide bonds. The Labute approximate surface area is 185 Å². The van der Waals surface area contributed by atoms with Crippen molar-refractivity contribution in [2.45, 2.75) is 44.2 Å². The molecule has 30 heavy (non-hydrogen) atoms. The van der Waals surface area contributed by atoms with Crippen LogP contribution < -0.4 is 0 Å². The molecule has 1 unspecified atom stereocenters. The second-order valence-electron chi connectivity index (χ2n) is 8.00. The van der Waals surface area contributed by atoms with Crippen molar-refractivity contribution in [3.63, 3.8) is 0 Å². The molecule has 154 valence electrons. The third-order valence-electron chi connectivity index (χ3n) is 5.87. The third kappa shape index (κ3) is 4.46. The lowest BCUT2D eigenvalue weighted by molar-refractivity contribution is -0.136. The lowest BCUT2D eigenvalue weighted by Crippen LogP contribution is -2.40. The van der Waals surface area contributed by atoms with Crippen molar-refractivity contribution in [3.8, 4) is 0 Å². The van der Waals surface area contributed by atoms with Gasteiger partial charge in [-0.15, -0.1) is 0 Å². The Balaban J connectivity index is 1.62. The van der Waals surface area contributed by atoms with Crippen LogP contribution in [0.2, 0.25) is 0 Å². The van der Waals surface area contributed by atoms with Gasteiger partial charge in [0.05, 0.1) is 17.8 Å². The molecule has 2 aromatic carbocycles. The smallest absolute Gasteiger partial charge is 0.224 e. The van der Waals surface area contributed by atoms with Crippen LogP contribution >= 0.6 is 15.9 Å². The van der Waals surface area contributed by atoms with E-state index in [4.69, 9.17) is 0 Å². The monoisotopic (exact) mass is 466 g/mol. The Kier molecular flexibility index (Phi) is 6.00. The number of aromatic nitrogens is 1. The van der Waals surface area contributed by atoms with E-state index in [1.165, 1.54) is 12.1 Å². The van der Waals surface area contributed by atoms with Crippen LogP contribution in [0.25, 0.3) is 0 Å². The van der Waals surface area contributed by atoms with Crippen molar-refractivity contribution in [2.75, 3.05) is 0 Å². The SMILES string of the molecule is CC(CC(=O)N(Cc1ccccn1)C1(c2cccc(Br)c2)CC1)c1ccc(F)cc1. The maximum atomic E-state index is 13.6. The molecule has 4 rings (SSSR count). The highest BCUT2D eigenvalue weighted by Gasteiger charge is 2.51. The van der Waals surface area contributed by atoms with Gasteiger partial charge in [0.1, 0.15) is 5.82 Å². The van der Waals surface area contributed by atoms with Crippen LogP contribution in [0.15, 0.2) is 77.4 Å². The maximum Gasteiger partial charge on any atom is 0.224 e. The molecule has 5 heteroatoms. The van der Waals surface area contributed by atoms with Gasteiger partial charge in [-0.2, -0.15) is 0 Å². The first-order valence-corrected chi connectivity index (χ1v) is 11.0. The lowest BCUT2D eigenvalue weighted by atomic mass is 9.95. The van der Waals surface area contributed by atoms with Crippen LogP contribution in [0, 0.1) is 5.82 Å². The van der Waals surface area contributed by atoms with E-state index in [2.05, 4.69) is 33.0 Å². The molecule has 3 aromatic rings. The summed E-state index contributed by atoms with van der Waals surface area (Å²) in [6, 6.07) is 20.4. The van der Waals surface area contributed by atoms with E-state index in [1.54, 1.807) is 18.3 Å². The molecule has 0 spiro atoms. The molecule has 1 atom stereocenters. The molecule has 1 saturated carbocycles. The van der Waals surface area contributed by atoms with Gasteiger partial charge in [0.25, 0.3) is 0 Å². The molecule has 1 heterocycles. The van der Waals surface area contributed by atoms with Crippen molar-refractivity contribution < 1.29 is 9.18 Å². The van der Waals surface area contributed by atoms with Gasteiger partial charge in [-0.1, -0.05) is 53.2 Å². The van der Waals surface area contributed by atoms with Crippen molar-refractivity contribution >= 4 is 21.8 Å². The molecule has 1 aromatic heterocycles. The summed E-state index contributed by atoms with van der Waals surface area (Å²) in [6.45, 7) is 2.49. The normalized spacial score (nSPS) is 15.4. The largest absolute Gasteiger partial charge is 0.327 e. The molecule has 0 aliphatic heterocycles. The molecule has 1 aliphatic rings. The molecular formula is C25H24BrFN2O. The number of carbonyl (C=O) groups excluding carboxylic acids is 1. The summed E-state index contributed by atoms with van der Waals surface area (Å²) in [5.74, 6) is -0.168. The number of benzene rings is 2. The second-order valence-corrected chi connectivity index (χ2v) is 8.92. The minimum absolute atomic E-state index is 0.00245. The van der Waals surface area contributed by atoms with Crippen LogP contribution in [0.4, 0.5) is 4.39 Å². The fourth-order valence-electron chi connectivity index (χ4n) is 4.02. The zero-order valence-electron chi connectivity index (χ0n) is 16.9. The van der Waals surface area contributed by atoms with Crippen molar-refractivity contribution in [1.82, 2.24) is 9.88 Å². The number of rotatable bonds is 7. The van der Waals surface area contributed by atoms with Crippen LogP contribution in [0.3, 0.4) is 0 Å². The van der Waals surface area contributed by atoms with Crippen LogP contribution in [-0.2, 0) is 16.9 Å². The Hall–Kier alpha value is -2.53. The summed E-state index contributed by atoms with van der Waals surface area (Å²) in [7, 11) is 0. The second kappa shape index (κ2) is 8.68. The van der Waals surface area contributed by atoms with Crippen molar-refractivity contribution in [3.05, 3.63) is 100 Å². The maximum absolute atomic E-state index is 13.6. The average molecular weight is 467 g/mol. The quantitative estimate of drug-likeness (QED) is 0.415. The van der Waals surface area contributed by atoms with E-state index in [-0.39, 0.29) is 23.2 Å². The summed E-state index contributed by atoms with van der Waals surface area (Å²) >= 11 is 3.57. The van der Waals surface area contributed by atoms with Crippen LogP contribution in [0.1, 0.15) is 48.9 Å². The Bertz CT molecular complexity index is 1020. The number of hydrogen-bond acceptors (Lipinski definition) is 2. The van der Waals surface area contributed by atoms with Crippen LogP contribution in [0.5, 0.6) is 0 Å². The molecular weight excluding hydrogens is 443 g/mol. The highest BCUT2D eigenvalue weighted by atomic mass is 79.9.